The molecule has 0 fully saturated rings. The van der Waals surface area contributed by atoms with E-state index in [0.717, 1.165) is 5.69 Å². The molecule has 0 unspecified atom stereocenters. The van der Waals surface area contributed by atoms with Gasteiger partial charge in [0.2, 0.25) is 0 Å². The minimum absolute atomic E-state index is 0.139. The summed E-state index contributed by atoms with van der Waals surface area (Å²) in [6, 6.07) is 109. The highest BCUT2D eigenvalue weighted by Crippen LogP contribution is 2.59. The van der Waals surface area contributed by atoms with Crippen molar-refractivity contribution in [3.8, 4) is 66.8 Å². The Hall–Kier alpha value is -10.3. The molecular weight excluding hydrogens is 1070 g/mol. The average Bonchev–Trinajstić information content (AvgIpc) is 1.65. The standard InChI is InChI=1S/C88H65N/c1-85(2)77-32-18-14-28-65(77)70-45-41-58(49-82(70)85)89(59-42-46-71-66-29-15-19-33-78(66)86(3,4)83(71)50-59)60-43-47-72-69-44-38-55(48-81(69)87(5,6)84(72)51-60)74-53-76-63-26-12-10-24-61(63)73(52-75(76)64-27-13-11-25-62(64)74)54-36-39-57(40-37-54)88(56-22-8-7-9-23-56)79-34-20-16-30-67(79)68-31-17-21-35-80(68)88/h7-53H,1-6H3. The summed E-state index contributed by atoms with van der Waals surface area (Å²) in [5, 5.41) is 7.56. The SMILES string of the molecule is CC1(C)c2ccccc2-c2ccc(N(c3ccc4c(c3)C(C)(C)c3ccccc3-4)c3ccc4c(c3)C(C)(C)c3cc(-c5cc6c7ccccc7c(-c7ccc(C8(c9ccccc9)c9ccccc9-c9ccccc98)cc7)cc6c6ccccc56)ccc3-4)cc21. The van der Waals surface area contributed by atoms with Crippen molar-refractivity contribution < 1.29 is 0 Å². The molecule has 0 amide bonds. The zero-order valence-electron chi connectivity index (χ0n) is 51.1. The third-order valence-electron chi connectivity index (χ3n) is 21.5. The maximum Gasteiger partial charge on any atom is 0.0713 e. The molecule has 0 saturated heterocycles. The molecule has 14 aromatic rings. The van der Waals surface area contributed by atoms with Gasteiger partial charge in [0, 0.05) is 33.3 Å². The molecule has 422 valence electrons. The second-order valence-corrected chi connectivity index (χ2v) is 27.1. The summed E-state index contributed by atoms with van der Waals surface area (Å²) in [5.41, 5.74) is 31.4. The van der Waals surface area contributed by atoms with Crippen LogP contribution < -0.4 is 4.90 Å². The molecule has 1 heteroatoms. The van der Waals surface area contributed by atoms with Gasteiger partial charge in [0.05, 0.1) is 5.41 Å². The van der Waals surface area contributed by atoms with Crippen LogP contribution in [0.5, 0.6) is 0 Å². The Morgan fingerprint density at radius 2 is 0.517 bits per heavy atom. The van der Waals surface area contributed by atoms with Gasteiger partial charge in [-0.15, -0.1) is 0 Å². The van der Waals surface area contributed by atoms with Gasteiger partial charge in [-0.1, -0.05) is 272 Å². The number of hydrogen-bond acceptors (Lipinski definition) is 1. The minimum Gasteiger partial charge on any atom is -0.310 e. The molecule has 4 aliphatic rings. The lowest BCUT2D eigenvalue weighted by molar-refractivity contribution is 0.659. The maximum absolute atomic E-state index is 2.53. The molecule has 14 aromatic carbocycles. The van der Waals surface area contributed by atoms with E-state index in [2.05, 4.69) is 332 Å². The predicted molar refractivity (Wildman–Crippen MR) is 375 cm³/mol. The monoisotopic (exact) mass is 1140 g/mol. The lowest BCUT2D eigenvalue weighted by Crippen LogP contribution is -2.28. The summed E-state index contributed by atoms with van der Waals surface area (Å²) >= 11 is 0. The van der Waals surface area contributed by atoms with E-state index in [1.807, 2.05) is 0 Å². The van der Waals surface area contributed by atoms with Crippen LogP contribution in [-0.2, 0) is 21.7 Å². The quantitative estimate of drug-likeness (QED) is 0.144. The maximum atomic E-state index is 2.53. The van der Waals surface area contributed by atoms with Crippen molar-refractivity contribution in [2.45, 2.75) is 63.2 Å². The number of hydrogen-bond donors (Lipinski definition) is 0. The lowest BCUT2D eigenvalue weighted by Gasteiger charge is -2.34. The van der Waals surface area contributed by atoms with Crippen LogP contribution in [0.1, 0.15) is 97.2 Å². The number of benzene rings is 14. The zero-order valence-corrected chi connectivity index (χ0v) is 51.1. The van der Waals surface area contributed by atoms with Crippen LogP contribution in [0.4, 0.5) is 17.1 Å². The lowest BCUT2D eigenvalue weighted by atomic mass is 9.67. The molecule has 0 saturated carbocycles. The molecule has 0 heterocycles. The number of rotatable bonds is 7. The topological polar surface area (TPSA) is 3.24 Å². The van der Waals surface area contributed by atoms with Crippen LogP contribution in [0.15, 0.2) is 285 Å². The van der Waals surface area contributed by atoms with Crippen molar-refractivity contribution >= 4 is 49.4 Å². The predicted octanol–water partition coefficient (Wildman–Crippen LogP) is 23.2. The normalized spacial score (nSPS) is 15.2. The summed E-state index contributed by atoms with van der Waals surface area (Å²) in [7, 11) is 0. The van der Waals surface area contributed by atoms with Gasteiger partial charge >= 0.3 is 0 Å². The van der Waals surface area contributed by atoms with E-state index in [-0.39, 0.29) is 16.2 Å². The zero-order chi connectivity index (χ0) is 59.7. The van der Waals surface area contributed by atoms with Crippen molar-refractivity contribution in [2.75, 3.05) is 4.90 Å². The van der Waals surface area contributed by atoms with Gasteiger partial charge in [0.25, 0.3) is 0 Å². The Bertz CT molecular complexity index is 5190. The fraction of sp³-hybridized carbons (Fsp3) is 0.114. The fourth-order valence-electron chi connectivity index (χ4n) is 17.2. The third-order valence-corrected chi connectivity index (χ3v) is 21.5. The van der Waals surface area contributed by atoms with Crippen molar-refractivity contribution in [1.29, 1.82) is 0 Å². The van der Waals surface area contributed by atoms with Gasteiger partial charge in [-0.3, -0.25) is 0 Å². The summed E-state index contributed by atoms with van der Waals surface area (Å²) in [6.07, 6.45) is 0. The van der Waals surface area contributed by atoms with Gasteiger partial charge in [0.15, 0.2) is 0 Å². The molecule has 0 radical (unpaired) electrons. The molecule has 18 rings (SSSR count). The van der Waals surface area contributed by atoms with Crippen molar-refractivity contribution in [2.24, 2.45) is 0 Å². The van der Waals surface area contributed by atoms with Crippen LogP contribution in [0.25, 0.3) is 99.1 Å². The van der Waals surface area contributed by atoms with Crippen LogP contribution in [0.2, 0.25) is 0 Å². The minimum atomic E-state index is -0.450. The first-order valence-electron chi connectivity index (χ1n) is 31.7. The summed E-state index contributed by atoms with van der Waals surface area (Å²) in [6.45, 7) is 14.4. The van der Waals surface area contributed by atoms with E-state index in [1.165, 1.54) is 166 Å². The Morgan fingerprint density at radius 1 is 0.202 bits per heavy atom. The summed E-state index contributed by atoms with van der Waals surface area (Å²) < 4.78 is 0. The van der Waals surface area contributed by atoms with E-state index < -0.39 is 5.41 Å². The highest BCUT2D eigenvalue weighted by Gasteiger charge is 2.46. The first kappa shape index (κ1) is 51.8. The molecule has 0 aromatic heterocycles. The molecule has 0 spiro atoms. The molecule has 4 aliphatic carbocycles. The Balaban J connectivity index is 0.745. The van der Waals surface area contributed by atoms with Gasteiger partial charge in [-0.05, 0) is 209 Å². The first-order valence-corrected chi connectivity index (χ1v) is 31.7. The van der Waals surface area contributed by atoms with Crippen molar-refractivity contribution in [3.05, 3.63) is 341 Å². The number of fused-ring (bicyclic) bond motifs is 17. The molecule has 89 heavy (non-hydrogen) atoms. The van der Waals surface area contributed by atoms with E-state index in [1.54, 1.807) is 0 Å². The Morgan fingerprint density at radius 3 is 0.978 bits per heavy atom. The average molecular weight is 1140 g/mol. The Kier molecular flexibility index (Phi) is 10.8. The Labute approximate surface area is 521 Å². The molecule has 0 bridgehead atoms. The highest BCUT2D eigenvalue weighted by molar-refractivity contribution is 6.24. The molecule has 0 atom stereocenters. The van der Waals surface area contributed by atoms with Crippen LogP contribution in [-0.4, -0.2) is 0 Å². The second kappa shape index (κ2) is 18.6. The van der Waals surface area contributed by atoms with E-state index in [4.69, 9.17) is 0 Å². The highest BCUT2D eigenvalue weighted by atomic mass is 15.1. The largest absolute Gasteiger partial charge is 0.310 e. The third kappa shape index (κ3) is 7.13. The summed E-state index contributed by atoms with van der Waals surface area (Å²) in [5.74, 6) is 0. The first-order chi connectivity index (χ1) is 43.4. The van der Waals surface area contributed by atoms with Gasteiger partial charge in [-0.25, -0.2) is 0 Å². The fourth-order valence-corrected chi connectivity index (χ4v) is 17.2. The van der Waals surface area contributed by atoms with E-state index >= 15 is 0 Å². The summed E-state index contributed by atoms with van der Waals surface area (Å²) in [4.78, 5) is 2.53. The molecular formula is C88H65N. The van der Waals surface area contributed by atoms with Gasteiger partial charge in [-0.2, -0.15) is 0 Å². The van der Waals surface area contributed by atoms with Gasteiger partial charge < -0.3 is 4.90 Å². The van der Waals surface area contributed by atoms with Crippen LogP contribution in [0.3, 0.4) is 0 Å². The van der Waals surface area contributed by atoms with Crippen molar-refractivity contribution in [3.63, 3.8) is 0 Å². The van der Waals surface area contributed by atoms with E-state index in [0.29, 0.717) is 0 Å². The van der Waals surface area contributed by atoms with E-state index in [9.17, 15) is 0 Å². The molecule has 0 N–H and O–H groups in total. The molecule has 0 aliphatic heterocycles. The van der Waals surface area contributed by atoms with Crippen molar-refractivity contribution in [1.82, 2.24) is 0 Å². The number of anilines is 3. The molecule has 1 nitrogen and oxygen atoms in total. The second-order valence-electron chi connectivity index (χ2n) is 27.1. The van der Waals surface area contributed by atoms with Gasteiger partial charge in [0.1, 0.15) is 0 Å². The smallest absolute Gasteiger partial charge is 0.0713 e. The van der Waals surface area contributed by atoms with Crippen LogP contribution in [0, 0.1) is 0 Å². The van der Waals surface area contributed by atoms with Crippen LogP contribution >= 0.6 is 0 Å². The number of nitrogens with zero attached hydrogens (tertiary/aromatic N) is 1.